The molecule has 0 radical (unpaired) electrons. The number of nitrogens with zero attached hydrogens (tertiary/aromatic N) is 2. The van der Waals surface area contributed by atoms with Crippen LogP contribution in [0.1, 0.15) is 56.7 Å². The van der Waals surface area contributed by atoms with Crippen molar-refractivity contribution in [3.8, 4) is 6.07 Å². The Morgan fingerprint density at radius 1 is 1.33 bits per heavy atom. The lowest BCUT2D eigenvalue weighted by Crippen LogP contribution is -2.51. The molecule has 3 atom stereocenters. The molecule has 1 heterocycles. The van der Waals surface area contributed by atoms with Gasteiger partial charge in [-0.25, -0.2) is 0 Å². The zero-order valence-corrected chi connectivity index (χ0v) is 14.7. The van der Waals surface area contributed by atoms with E-state index < -0.39 is 0 Å². The second-order valence-corrected chi connectivity index (χ2v) is 7.24. The molecule has 0 aromatic heterocycles. The van der Waals surface area contributed by atoms with E-state index in [1.807, 2.05) is 24.3 Å². The zero-order chi connectivity index (χ0) is 17.1. The molecule has 1 N–H and O–H groups in total. The summed E-state index contributed by atoms with van der Waals surface area (Å²) in [5.74, 6) is 1.22. The lowest BCUT2D eigenvalue weighted by molar-refractivity contribution is -0.134. The topological polar surface area (TPSA) is 56.1 Å². The average Bonchev–Trinajstić information content (AvgIpc) is 3.46. The Kier molecular flexibility index (Phi) is 5.20. The first-order valence-electron chi connectivity index (χ1n) is 9.17. The van der Waals surface area contributed by atoms with Crippen LogP contribution in [0.4, 0.5) is 0 Å². The first-order chi connectivity index (χ1) is 11.6. The molecule has 0 spiro atoms. The number of carbonyl (C=O) groups is 1. The summed E-state index contributed by atoms with van der Waals surface area (Å²) < 4.78 is 0. The number of nitrogens with one attached hydrogen (secondary N) is 1. The highest BCUT2D eigenvalue weighted by Crippen LogP contribution is 2.33. The quantitative estimate of drug-likeness (QED) is 0.904. The molecule has 1 saturated heterocycles. The normalized spacial score (nSPS) is 25.1. The Balaban J connectivity index is 1.59. The Bertz CT molecular complexity index is 615. The molecule has 1 aromatic carbocycles. The SMILES string of the molecule is CC[C@@H]1CN(C(=O)C2CC2)CC[C@@H]1N[C@H](C)c1ccc(C#N)cc1. The fourth-order valence-corrected chi connectivity index (χ4v) is 3.72. The predicted octanol–water partition coefficient (Wildman–Crippen LogP) is 3.25. The van der Waals surface area contributed by atoms with E-state index in [1.165, 1.54) is 5.56 Å². The van der Waals surface area contributed by atoms with Crippen molar-refractivity contribution in [3.05, 3.63) is 35.4 Å². The fourth-order valence-electron chi connectivity index (χ4n) is 3.72. The van der Waals surface area contributed by atoms with Crippen LogP contribution in [0.25, 0.3) is 0 Å². The molecule has 4 heteroatoms. The van der Waals surface area contributed by atoms with Gasteiger partial charge in [0.2, 0.25) is 5.91 Å². The minimum atomic E-state index is 0.252. The van der Waals surface area contributed by atoms with Gasteiger partial charge in [0.25, 0.3) is 0 Å². The lowest BCUT2D eigenvalue weighted by atomic mass is 9.88. The van der Waals surface area contributed by atoms with Crippen molar-refractivity contribution in [1.82, 2.24) is 10.2 Å². The molecule has 2 aliphatic rings. The summed E-state index contributed by atoms with van der Waals surface area (Å²) in [7, 11) is 0. The van der Waals surface area contributed by atoms with Gasteiger partial charge in [-0.15, -0.1) is 0 Å². The summed E-state index contributed by atoms with van der Waals surface area (Å²) in [6.07, 6.45) is 4.29. The Morgan fingerprint density at radius 3 is 2.62 bits per heavy atom. The van der Waals surface area contributed by atoms with Gasteiger partial charge in [-0.1, -0.05) is 25.5 Å². The molecule has 0 unspecified atom stereocenters. The van der Waals surface area contributed by atoms with E-state index in [4.69, 9.17) is 5.26 Å². The number of benzene rings is 1. The van der Waals surface area contributed by atoms with E-state index in [9.17, 15) is 4.79 Å². The Labute approximate surface area is 144 Å². The second kappa shape index (κ2) is 7.36. The van der Waals surface area contributed by atoms with Crippen molar-refractivity contribution < 1.29 is 4.79 Å². The molecule has 3 rings (SSSR count). The van der Waals surface area contributed by atoms with Gasteiger partial charge >= 0.3 is 0 Å². The maximum absolute atomic E-state index is 12.3. The van der Waals surface area contributed by atoms with Crippen molar-refractivity contribution in [2.24, 2.45) is 11.8 Å². The Hall–Kier alpha value is -1.86. The molecule has 1 saturated carbocycles. The maximum atomic E-state index is 12.3. The number of hydrogen-bond donors (Lipinski definition) is 1. The van der Waals surface area contributed by atoms with E-state index in [0.717, 1.165) is 38.8 Å². The summed E-state index contributed by atoms with van der Waals surface area (Å²) >= 11 is 0. The summed E-state index contributed by atoms with van der Waals surface area (Å²) in [5, 5.41) is 12.7. The van der Waals surface area contributed by atoms with Crippen LogP contribution in [0.2, 0.25) is 0 Å². The minimum absolute atomic E-state index is 0.252. The molecular formula is C20H27N3O. The minimum Gasteiger partial charge on any atom is -0.342 e. The van der Waals surface area contributed by atoms with Crippen LogP contribution < -0.4 is 5.32 Å². The van der Waals surface area contributed by atoms with Crippen molar-refractivity contribution in [2.75, 3.05) is 13.1 Å². The summed E-state index contributed by atoms with van der Waals surface area (Å²) in [5.41, 5.74) is 1.91. The number of piperidine rings is 1. The predicted molar refractivity (Wildman–Crippen MR) is 94.2 cm³/mol. The van der Waals surface area contributed by atoms with Crippen LogP contribution in [0.3, 0.4) is 0 Å². The number of likely N-dealkylation sites (tertiary alicyclic amines) is 1. The van der Waals surface area contributed by atoms with Crippen LogP contribution in [0.5, 0.6) is 0 Å². The monoisotopic (exact) mass is 325 g/mol. The van der Waals surface area contributed by atoms with Gasteiger partial charge in [0.05, 0.1) is 11.6 Å². The van der Waals surface area contributed by atoms with Gasteiger partial charge in [0, 0.05) is 31.1 Å². The highest BCUT2D eigenvalue weighted by atomic mass is 16.2. The van der Waals surface area contributed by atoms with Crippen molar-refractivity contribution in [3.63, 3.8) is 0 Å². The van der Waals surface area contributed by atoms with E-state index in [0.29, 0.717) is 29.3 Å². The zero-order valence-electron chi connectivity index (χ0n) is 14.7. The summed E-state index contributed by atoms with van der Waals surface area (Å²) in [6, 6.07) is 10.7. The molecule has 1 aliphatic carbocycles. The van der Waals surface area contributed by atoms with Crippen molar-refractivity contribution in [1.29, 1.82) is 5.26 Å². The second-order valence-electron chi connectivity index (χ2n) is 7.24. The number of carbonyl (C=O) groups excluding carboxylic acids is 1. The van der Waals surface area contributed by atoms with Gasteiger partial charge in [-0.3, -0.25) is 4.79 Å². The molecular weight excluding hydrogens is 298 g/mol. The average molecular weight is 325 g/mol. The van der Waals surface area contributed by atoms with Gasteiger partial charge < -0.3 is 10.2 Å². The Morgan fingerprint density at radius 2 is 2.04 bits per heavy atom. The van der Waals surface area contributed by atoms with Crippen molar-refractivity contribution in [2.45, 2.75) is 51.6 Å². The molecule has 1 amide bonds. The summed E-state index contributed by atoms with van der Waals surface area (Å²) in [4.78, 5) is 14.4. The third-order valence-electron chi connectivity index (χ3n) is 5.50. The third kappa shape index (κ3) is 3.79. The van der Waals surface area contributed by atoms with Gasteiger partial charge in [-0.2, -0.15) is 5.26 Å². The molecule has 1 aromatic rings. The third-order valence-corrected chi connectivity index (χ3v) is 5.50. The molecule has 2 fully saturated rings. The molecule has 4 nitrogen and oxygen atoms in total. The highest BCUT2D eigenvalue weighted by molar-refractivity contribution is 5.81. The molecule has 128 valence electrons. The molecule has 1 aliphatic heterocycles. The van der Waals surface area contributed by atoms with E-state index in [-0.39, 0.29) is 6.04 Å². The van der Waals surface area contributed by atoms with Crippen molar-refractivity contribution >= 4 is 5.91 Å². The fraction of sp³-hybridized carbons (Fsp3) is 0.600. The standard InChI is InChI=1S/C20H27N3O/c1-3-16-13-23(20(24)18-8-9-18)11-10-19(16)22-14(2)17-6-4-15(12-21)5-7-17/h4-7,14,16,18-19,22H,3,8-11,13H2,1-2H3/t14-,16-,19+/m1/s1. The summed E-state index contributed by atoms with van der Waals surface area (Å²) in [6.45, 7) is 6.17. The maximum Gasteiger partial charge on any atom is 0.225 e. The van der Waals surface area contributed by atoms with Crippen LogP contribution in [-0.4, -0.2) is 29.9 Å². The molecule has 0 bridgehead atoms. The smallest absolute Gasteiger partial charge is 0.225 e. The van der Waals surface area contributed by atoms with Crippen LogP contribution in [0.15, 0.2) is 24.3 Å². The number of nitriles is 1. The number of rotatable bonds is 5. The number of hydrogen-bond acceptors (Lipinski definition) is 3. The highest BCUT2D eigenvalue weighted by Gasteiger charge is 2.37. The molecule has 24 heavy (non-hydrogen) atoms. The van der Waals surface area contributed by atoms with Crippen LogP contribution >= 0.6 is 0 Å². The van der Waals surface area contributed by atoms with Gasteiger partial charge in [-0.05, 0) is 49.8 Å². The largest absolute Gasteiger partial charge is 0.342 e. The van der Waals surface area contributed by atoms with Gasteiger partial charge in [0.15, 0.2) is 0 Å². The van der Waals surface area contributed by atoms with Gasteiger partial charge in [0.1, 0.15) is 0 Å². The van der Waals surface area contributed by atoms with Crippen LogP contribution in [-0.2, 0) is 4.79 Å². The lowest BCUT2D eigenvalue weighted by Gasteiger charge is -2.40. The van der Waals surface area contributed by atoms with E-state index in [1.54, 1.807) is 0 Å². The van der Waals surface area contributed by atoms with E-state index in [2.05, 4.69) is 30.1 Å². The first kappa shape index (κ1) is 17.0. The first-order valence-corrected chi connectivity index (χ1v) is 9.17. The number of amides is 1. The van der Waals surface area contributed by atoms with E-state index >= 15 is 0 Å². The van der Waals surface area contributed by atoms with Crippen LogP contribution in [0, 0.1) is 23.2 Å².